The summed E-state index contributed by atoms with van der Waals surface area (Å²) in [5.41, 5.74) is 2.68. The summed E-state index contributed by atoms with van der Waals surface area (Å²) >= 11 is 0. The standard InChI is InChI=1S/C26H30N6O4/c1-17(16-34-4)35-20-12-19(24-30-22-6-5-9-27-25(22)31-24)13-21(14-20)36-23-8-7-18(15-29-23)26(33)28-10-11-32(2)3/h5-9,12-15,17H,10-11,16H2,1-4H3,(H,28,33)(H,27,30,31). The molecular weight excluding hydrogens is 460 g/mol. The molecule has 0 fully saturated rings. The van der Waals surface area contributed by atoms with Crippen LogP contribution in [0.2, 0.25) is 0 Å². The van der Waals surface area contributed by atoms with Gasteiger partial charge in [0.2, 0.25) is 5.88 Å². The first kappa shape index (κ1) is 25.1. The summed E-state index contributed by atoms with van der Waals surface area (Å²) in [6.07, 6.45) is 3.03. The minimum absolute atomic E-state index is 0.168. The van der Waals surface area contributed by atoms with E-state index >= 15 is 0 Å². The van der Waals surface area contributed by atoms with Crippen molar-refractivity contribution in [3.63, 3.8) is 0 Å². The van der Waals surface area contributed by atoms with E-state index < -0.39 is 0 Å². The SMILES string of the molecule is COCC(C)Oc1cc(Oc2ccc(C(=O)NCCN(C)C)cn2)cc(-c2nc3ncccc3[nH]2)c1. The Labute approximate surface area is 209 Å². The second-order valence-electron chi connectivity index (χ2n) is 8.58. The number of carbonyl (C=O) groups is 1. The molecule has 0 saturated carbocycles. The monoisotopic (exact) mass is 490 g/mol. The van der Waals surface area contributed by atoms with Crippen LogP contribution in [-0.4, -0.2) is 77.7 Å². The summed E-state index contributed by atoms with van der Waals surface area (Å²) in [7, 11) is 5.54. The van der Waals surface area contributed by atoms with Crippen molar-refractivity contribution < 1.29 is 19.0 Å². The molecule has 36 heavy (non-hydrogen) atoms. The predicted octanol–water partition coefficient (Wildman–Crippen LogP) is 3.52. The summed E-state index contributed by atoms with van der Waals surface area (Å²) < 4.78 is 17.3. The topological polar surface area (TPSA) is 114 Å². The van der Waals surface area contributed by atoms with E-state index in [1.54, 1.807) is 31.5 Å². The number of nitrogens with one attached hydrogen (secondary N) is 2. The highest BCUT2D eigenvalue weighted by atomic mass is 16.5. The fraction of sp³-hybridized carbons (Fsp3) is 0.308. The lowest BCUT2D eigenvalue weighted by atomic mass is 10.2. The molecule has 3 aromatic heterocycles. The van der Waals surface area contributed by atoms with E-state index in [1.165, 1.54) is 6.20 Å². The number of ether oxygens (including phenoxy) is 3. The lowest BCUT2D eigenvalue weighted by Crippen LogP contribution is -2.31. The number of aromatic amines is 1. The Hall–Kier alpha value is -4.02. The van der Waals surface area contributed by atoms with Crippen molar-refractivity contribution in [1.29, 1.82) is 0 Å². The van der Waals surface area contributed by atoms with Gasteiger partial charge in [-0.25, -0.2) is 15.0 Å². The minimum Gasteiger partial charge on any atom is -0.488 e. The van der Waals surface area contributed by atoms with E-state index in [-0.39, 0.29) is 12.0 Å². The number of benzene rings is 1. The van der Waals surface area contributed by atoms with E-state index in [4.69, 9.17) is 14.2 Å². The number of amides is 1. The van der Waals surface area contributed by atoms with Gasteiger partial charge in [-0.2, -0.15) is 0 Å². The molecule has 0 spiro atoms. The first-order chi connectivity index (χ1) is 17.4. The third-order valence-corrected chi connectivity index (χ3v) is 5.22. The van der Waals surface area contributed by atoms with Crippen LogP contribution >= 0.6 is 0 Å². The Morgan fingerprint density at radius 3 is 2.69 bits per heavy atom. The quantitative estimate of drug-likeness (QED) is 0.328. The van der Waals surface area contributed by atoms with Crippen LogP contribution in [0.15, 0.2) is 54.9 Å². The fourth-order valence-electron chi connectivity index (χ4n) is 3.51. The van der Waals surface area contributed by atoms with Crippen molar-refractivity contribution in [2.75, 3.05) is 40.9 Å². The molecule has 3 heterocycles. The van der Waals surface area contributed by atoms with Crippen LogP contribution in [0.4, 0.5) is 0 Å². The molecule has 2 N–H and O–H groups in total. The first-order valence-corrected chi connectivity index (χ1v) is 11.6. The molecule has 1 atom stereocenters. The van der Waals surface area contributed by atoms with Gasteiger partial charge in [0.15, 0.2) is 5.65 Å². The molecule has 1 amide bonds. The predicted molar refractivity (Wildman–Crippen MR) is 136 cm³/mol. The highest BCUT2D eigenvalue weighted by Gasteiger charge is 2.13. The summed E-state index contributed by atoms with van der Waals surface area (Å²) in [6, 6.07) is 12.6. The normalized spacial score (nSPS) is 12.0. The highest BCUT2D eigenvalue weighted by Crippen LogP contribution is 2.32. The Bertz CT molecular complexity index is 1270. The third-order valence-electron chi connectivity index (χ3n) is 5.22. The number of hydrogen-bond acceptors (Lipinski definition) is 8. The number of carbonyl (C=O) groups excluding carboxylic acids is 1. The van der Waals surface area contributed by atoms with Crippen LogP contribution in [0.3, 0.4) is 0 Å². The fourth-order valence-corrected chi connectivity index (χ4v) is 3.51. The Kier molecular flexibility index (Phi) is 8.09. The van der Waals surface area contributed by atoms with Crippen LogP contribution < -0.4 is 14.8 Å². The number of imidazole rings is 1. The summed E-state index contributed by atoms with van der Waals surface area (Å²) in [5, 5.41) is 2.87. The number of fused-ring (bicyclic) bond motifs is 1. The second kappa shape index (κ2) is 11.6. The molecule has 10 nitrogen and oxygen atoms in total. The van der Waals surface area contributed by atoms with Gasteiger partial charge in [0.25, 0.3) is 5.91 Å². The molecule has 0 aliphatic carbocycles. The zero-order valence-corrected chi connectivity index (χ0v) is 20.8. The Balaban J connectivity index is 1.56. The molecule has 0 saturated heterocycles. The van der Waals surface area contributed by atoms with Gasteiger partial charge in [-0.05, 0) is 51.4 Å². The molecule has 10 heteroatoms. The van der Waals surface area contributed by atoms with Crippen molar-refractivity contribution in [2.24, 2.45) is 0 Å². The summed E-state index contributed by atoms with van der Waals surface area (Å²) in [4.78, 5) is 30.8. The molecule has 1 aromatic carbocycles. The van der Waals surface area contributed by atoms with Crippen molar-refractivity contribution in [3.8, 4) is 28.8 Å². The van der Waals surface area contributed by atoms with Gasteiger partial charge in [-0.3, -0.25) is 4.79 Å². The van der Waals surface area contributed by atoms with E-state index in [1.807, 2.05) is 50.2 Å². The van der Waals surface area contributed by atoms with Crippen LogP contribution in [0.25, 0.3) is 22.6 Å². The maximum atomic E-state index is 12.3. The van der Waals surface area contributed by atoms with Crippen molar-refractivity contribution in [3.05, 3.63) is 60.4 Å². The van der Waals surface area contributed by atoms with Crippen LogP contribution in [0.5, 0.6) is 17.4 Å². The number of pyridine rings is 2. The largest absolute Gasteiger partial charge is 0.488 e. The number of aromatic nitrogens is 4. The number of hydrogen-bond donors (Lipinski definition) is 2. The molecule has 4 aromatic rings. The Morgan fingerprint density at radius 2 is 1.97 bits per heavy atom. The van der Waals surface area contributed by atoms with Gasteiger partial charge in [-0.1, -0.05) is 0 Å². The number of nitrogens with zero attached hydrogens (tertiary/aromatic N) is 4. The second-order valence-corrected chi connectivity index (χ2v) is 8.58. The minimum atomic E-state index is -0.181. The smallest absolute Gasteiger partial charge is 0.252 e. The Morgan fingerprint density at radius 1 is 1.14 bits per heavy atom. The van der Waals surface area contributed by atoms with E-state index in [0.29, 0.717) is 47.6 Å². The first-order valence-electron chi connectivity index (χ1n) is 11.6. The van der Waals surface area contributed by atoms with Gasteiger partial charge in [0, 0.05) is 50.3 Å². The highest BCUT2D eigenvalue weighted by molar-refractivity contribution is 5.93. The van der Waals surface area contributed by atoms with Gasteiger partial charge in [0.05, 0.1) is 17.7 Å². The third kappa shape index (κ3) is 6.55. The molecule has 0 aliphatic heterocycles. The van der Waals surface area contributed by atoms with E-state index in [9.17, 15) is 4.79 Å². The average molecular weight is 491 g/mol. The molecule has 0 aliphatic rings. The van der Waals surface area contributed by atoms with Gasteiger partial charge in [0.1, 0.15) is 23.4 Å². The number of methoxy groups -OCH3 is 1. The average Bonchev–Trinajstić information content (AvgIpc) is 3.29. The molecule has 188 valence electrons. The zero-order valence-electron chi connectivity index (χ0n) is 20.8. The molecular formula is C26H30N6O4. The summed E-state index contributed by atoms with van der Waals surface area (Å²) in [5.74, 6) is 1.91. The van der Waals surface area contributed by atoms with Crippen LogP contribution in [-0.2, 0) is 4.74 Å². The summed E-state index contributed by atoms with van der Waals surface area (Å²) in [6.45, 7) is 3.67. The maximum absolute atomic E-state index is 12.3. The van der Waals surface area contributed by atoms with Crippen molar-refractivity contribution in [1.82, 2.24) is 30.2 Å². The van der Waals surface area contributed by atoms with Crippen molar-refractivity contribution >= 4 is 17.1 Å². The van der Waals surface area contributed by atoms with Gasteiger partial charge < -0.3 is 29.4 Å². The van der Waals surface area contributed by atoms with Crippen molar-refractivity contribution in [2.45, 2.75) is 13.0 Å². The molecule has 4 rings (SSSR count). The molecule has 0 bridgehead atoms. The number of likely N-dealkylation sites (N-methyl/N-ethyl adjacent to an activating group) is 1. The number of rotatable bonds is 11. The molecule has 1 unspecified atom stereocenters. The van der Waals surface area contributed by atoms with Gasteiger partial charge >= 0.3 is 0 Å². The van der Waals surface area contributed by atoms with Crippen LogP contribution in [0, 0.1) is 0 Å². The van der Waals surface area contributed by atoms with E-state index in [0.717, 1.165) is 17.6 Å². The lowest BCUT2D eigenvalue weighted by molar-refractivity contribution is 0.0920. The van der Waals surface area contributed by atoms with Crippen LogP contribution in [0.1, 0.15) is 17.3 Å². The maximum Gasteiger partial charge on any atom is 0.252 e. The zero-order chi connectivity index (χ0) is 25.5. The van der Waals surface area contributed by atoms with E-state index in [2.05, 4.69) is 25.3 Å². The van der Waals surface area contributed by atoms with Gasteiger partial charge in [-0.15, -0.1) is 0 Å². The lowest BCUT2D eigenvalue weighted by Gasteiger charge is -2.16. The number of H-pyrrole nitrogens is 1. The molecule has 0 radical (unpaired) electrons.